The Hall–Kier alpha value is -1.59. The van der Waals surface area contributed by atoms with Gasteiger partial charge in [-0.15, -0.1) is 11.3 Å². The van der Waals surface area contributed by atoms with E-state index in [2.05, 4.69) is 34.1 Å². The summed E-state index contributed by atoms with van der Waals surface area (Å²) < 4.78 is 5.37. The first-order valence-corrected chi connectivity index (χ1v) is 6.85. The number of rotatable bonds is 2. The molecule has 18 heavy (non-hydrogen) atoms. The highest BCUT2D eigenvalue weighted by atomic mass is 32.1. The van der Waals surface area contributed by atoms with E-state index in [1.165, 1.54) is 17.0 Å². The van der Waals surface area contributed by atoms with E-state index in [1.54, 1.807) is 0 Å². The number of nitrogens with zero attached hydrogens (tertiary/aromatic N) is 2. The Balaban J connectivity index is 1.88. The zero-order valence-electron chi connectivity index (χ0n) is 10.0. The van der Waals surface area contributed by atoms with Gasteiger partial charge in [0.05, 0.1) is 18.9 Å². The summed E-state index contributed by atoms with van der Waals surface area (Å²) in [4.78, 5) is 6.66. The molecule has 4 nitrogen and oxygen atoms in total. The van der Waals surface area contributed by atoms with Gasteiger partial charge in [-0.05, 0) is 12.1 Å². The molecule has 1 aliphatic heterocycles. The van der Waals surface area contributed by atoms with Crippen LogP contribution in [0.5, 0.6) is 0 Å². The fraction of sp³-hybridized carbons (Fsp3) is 0.308. The Morgan fingerprint density at radius 1 is 1.28 bits per heavy atom. The van der Waals surface area contributed by atoms with Crippen molar-refractivity contribution in [2.24, 2.45) is 0 Å². The number of nitrogen functional groups attached to an aromatic ring is 1. The van der Waals surface area contributed by atoms with Crippen LogP contribution in [0.25, 0.3) is 11.3 Å². The van der Waals surface area contributed by atoms with E-state index >= 15 is 0 Å². The molecule has 1 aliphatic rings. The van der Waals surface area contributed by atoms with Crippen LogP contribution in [-0.4, -0.2) is 31.3 Å². The van der Waals surface area contributed by atoms with Crippen molar-refractivity contribution < 1.29 is 4.74 Å². The van der Waals surface area contributed by atoms with Crippen molar-refractivity contribution in [3.8, 4) is 11.3 Å². The third kappa shape index (κ3) is 2.32. The van der Waals surface area contributed by atoms with E-state index in [1.807, 2.05) is 5.38 Å². The zero-order chi connectivity index (χ0) is 12.4. The van der Waals surface area contributed by atoms with Gasteiger partial charge in [0.15, 0.2) is 5.13 Å². The fourth-order valence-electron chi connectivity index (χ4n) is 2.10. The topological polar surface area (TPSA) is 51.4 Å². The molecule has 1 aromatic heterocycles. The molecule has 0 amide bonds. The number of hydrogen-bond donors (Lipinski definition) is 1. The van der Waals surface area contributed by atoms with Gasteiger partial charge in [-0.25, -0.2) is 4.98 Å². The Labute approximate surface area is 110 Å². The van der Waals surface area contributed by atoms with Crippen molar-refractivity contribution in [2.75, 3.05) is 36.9 Å². The van der Waals surface area contributed by atoms with E-state index in [4.69, 9.17) is 10.5 Å². The molecule has 2 N–H and O–H groups in total. The number of anilines is 2. The second-order valence-electron chi connectivity index (χ2n) is 4.22. The quantitative estimate of drug-likeness (QED) is 0.900. The minimum Gasteiger partial charge on any atom is -0.378 e. The lowest BCUT2D eigenvalue weighted by Gasteiger charge is -2.29. The summed E-state index contributed by atoms with van der Waals surface area (Å²) in [5, 5.41) is 2.61. The Bertz CT molecular complexity index is 535. The second-order valence-corrected chi connectivity index (χ2v) is 5.11. The van der Waals surface area contributed by atoms with Crippen LogP contribution in [-0.2, 0) is 4.74 Å². The molecular formula is C13H15N3OS. The van der Waals surface area contributed by atoms with E-state index < -0.39 is 0 Å². The number of ether oxygens (including phenoxy) is 1. The molecule has 0 atom stereocenters. The first-order valence-electron chi connectivity index (χ1n) is 5.97. The van der Waals surface area contributed by atoms with Crippen LogP contribution < -0.4 is 10.6 Å². The third-order valence-electron chi connectivity index (χ3n) is 3.04. The molecule has 0 spiro atoms. The molecule has 2 aromatic rings. The van der Waals surface area contributed by atoms with E-state index in [9.17, 15) is 0 Å². The average Bonchev–Trinajstić information content (AvgIpc) is 2.87. The molecule has 1 fully saturated rings. The van der Waals surface area contributed by atoms with Crippen molar-refractivity contribution in [3.63, 3.8) is 0 Å². The first kappa shape index (κ1) is 11.5. The van der Waals surface area contributed by atoms with Gasteiger partial charge < -0.3 is 15.4 Å². The fourth-order valence-corrected chi connectivity index (χ4v) is 2.68. The maximum absolute atomic E-state index is 5.68. The van der Waals surface area contributed by atoms with E-state index in [-0.39, 0.29) is 0 Å². The van der Waals surface area contributed by atoms with Crippen LogP contribution in [0.1, 0.15) is 0 Å². The van der Waals surface area contributed by atoms with Gasteiger partial charge in [-0.1, -0.05) is 12.1 Å². The summed E-state index contributed by atoms with van der Waals surface area (Å²) in [5.41, 5.74) is 8.97. The van der Waals surface area contributed by atoms with Crippen LogP contribution in [0.2, 0.25) is 0 Å². The first-order chi connectivity index (χ1) is 8.83. The lowest BCUT2D eigenvalue weighted by Crippen LogP contribution is -2.36. The highest BCUT2D eigenvalue weighted by Gasteiger charge is 2.12. The summed E-state index contributed by atoms with van der Waals surface area (Å²) in [5.74, 6) is 0. The van der Waals surface area contributed by atoms with Crippen molar-refractivity contribution in [3.05, 3.63) is 29.6 Å². The molecule has 0 radical (unpaired) electrons. The minimum absolute atomic E-state index is 0.613. The van der Waals surface area contributed by atoms with Crippen molar-refractivity contribution >= 4 is 22.2 Å². The molecule has 0 bridgehead atoms. The normalized spacial score (nSPS) is 15.9. The predicted octanol–water partition coefficient (Wildman–Crippen LogP) is 2.23. The SMILES string of the molecule is Nc1nc(-c2cccc(N3CCOCC3)c2)cs1. The number of thiazole rings is 1. The summed E-state index contributed by atoms with van der Waals surface area (Å²) in [6, 6.07) is 8.43. The van der Waals surface area contributed by atoms with E-state index in [0.717, 1.165) is 37.6 Å². The Kier molecular flexibility index (Phi) is 3.17. The number of morpholine rings is 1. The van der Waals surface area contributed by atoms with Crippen LogP contribution in [0.15, 0.2) is 29.6 Å². The van der Waals surface area contributed by atoms with Gasteiger partial charge in [-0.3, -0.25) is 0 Å². The second kappa shape index (κ2) is 4.96. The predicted molar refractivity (Wildman–Crippen MR) is 75.0 cm³/mol. The summed E-state index contributed by atoms with van der Waals surface area (Å²) >= 11 is 1.47. The van der Waals surface area contributed by atoms with E-state index in [0.29, 0.717) is 5.13 Å². The number of aromatic nitrogens is 1. The van der Waals surface area contributed by atoms with Gasteiger partial charge >= 0.3 is 0 Å². The number of benzene rings is 1. The largest absolute Gasteiger partial charge is 0.378 e. The Morgan fingerprint density at radius 3 is 2.83 bits per heavy atom. The molecule has 0 aliphatic carbocycles. The molecule has 3 rings (SSSR count). The van der Waals surface area contributed by atoms with Gasteiger partial charge in [0, 0.05) is 29.7 Å². The van der Waals surface area contributed by atoms with Crippen LogP contribution in [0.3, 0.4) is 0 Å². The molecular weight excluding hydrogens is 246 g/mol. The molecule has 1 saturated heterocycles. The maximum atomic E-state index is 5.68. The molecule has 94 valence electrons. The van der Waals surface area contributed by atoms with Gasteiger partial charge in [0.25, 0.3) is 0 Å². The van der Waals surface area contributed by atoms with Crippen LogP contribution >= 0.6 is 11.3 Å². The molecule has 0 unspecified atom stereocenters. The van der Waals surface area contributed by atoms with Gasteiger partial charge in [0.2, 0.25) is 0 Å². The molecule has 1 aromatic carbocycles. The zero-order valence-corrected chi connectivity index (χ0v) is 10.8. The number of hydrogen-bond acceptors (Lipinski definition) is 5. The maximum Gasteiger partial charge on any atom is 0.180 e. The average molecular weight is 261 g/mol. The smallest absolute Gasteiger partial charge is 0.180 e. The van der Waals surface area contributed by atoms with Crippen LogP contribution in [0.4, 0.5) is 10.8 Å². The lowest BCUT2D eigenvalue weighted by molar-refractivity contribution is 0.122. The Morgan fingerprint density at radius 2 is 2.11 bits per heavy atom. The molecule has 5 heteroatoms. The third-order valence-corrected chi connectivity index (χ3v) is 3.71. The monoisotopic (exact) mass is 261 g/mol. The minimum atomic E-state index is 0.613. The van der Waals surface area contributed by atoms with Crippen molar-refractivity contribution in [2.45, 2.75) is 0 Å². The van der Waals surface area contributed by atoms with Gasteiger partial charge in [0.1, 0.15) is 0 Å². The standard InChI is InChI=1S/C13H15N3OS/c14-13-15-12(9-18-13)10-2-1-3-11(8-10)16-4-6-17-7-5-16/h1-3,8-9H,4-7H2,(H2,14,15). The highest BCUT2D eigenvalue weighted by molar-refractivity contribution is 7.13. The summed E-state index contributed by atoms with van der Waals surface area (Å²) in [6.07, 6.45) is 0. The van der Waals surface area contributed by atoms with Crippen molar-refractivity contribution in [1.82, 2.24) is 4.98 Å². The summed E-state index contributed by atoms with van der Waals surface area (Å²) in [6.45, 7) is 3.49. The highest BCUT2D eigenvalue weighted by Crippen LogP contribution is 2.27. The van der Waals surface area contributed by atoms with Gasteiger partial charge in [-0.2, -0.15) is 0 Å². The number of nitrogens with two attached hydrogens (primary N) is 1. The molecule has 2 heterocycles. The summed E-state index contributed by atoms with van der Waals surface area (Å²) in [7, 11) is 0. The molecule has 0 saturated carbocycles. The lowest BCUT2D eigenvalue weighted by atomic mass is 10.1. The van der Waals surface area contributed by atoms with Crippen LogP contribution in [0, 0.1) is 0 Å². The van der Waals surface area contributed by atoms with Crippen molar-refractivity contribution in [1.29, 1.82) is 0 Å².